The van der Waals surface area contributed by atoms with Crippen LogP contribution in [0.25, 0.3) is 11.1 Å². The molecular formula is C24H28ClN3O4. The zero-order chi connectivity index (χ0) is 22.9. The van der Waals surface area contributed by atoms with Gasteiger partial charge in [0.15, 0.2) is 0 Å². The van der Waals surface area contributed by atoms with Crippen molar-refractivity contribution in [3.8, 4) is 11.1 Å². The van der Waals surface area contributed by atoms with Crippen LogP contribution in [0.5, 0.6) is 0 Å². The highest BCUT2D eigenvalue weighted by Gasteiger charge is 2.30. The van der Waals surface area contributed by atoms with Gasteiger partial charge in [-0.3, -0.25) is 9.59 Å². The van der Waals surface area contributed by atoms with Crippen LogP contribution in [-0.2, 0) is 20.8 Å². The Kier molecular flexibility index (Phi) is 6.40. The van der Waals surface area contributed by atoms with Crippen LogP contribution in [0.1, 0.15) is 49.5 Å². The summed E-state index contributed by atoms with van der Waals surface area (Å²) in [5.41, 5.74) is 2.51. The molecular weight excluding hydrogens is 430 g/mol. The fraction of sp³-hybridized carbons (Fsp3) is 0.458. The van der Waals surface area contributed by atoms with Crippen molar-refractivity contribution in [3.05, 3.63) is 46.6 Å². The molecule has 0 unspecified atom stereocenters. The Morgan fingerprint density at radius 3 is 2.72 bits per heavy atom. The molecule has 170 valence electrons. The summed E-state index contributed by atoms with van der Waals surface area (Å²) in [5, 5.41) is 3.96. The van der Waals surface area contributed by atoms with Gasteiger partial charge in [-0.05, 0) is 56.9 Å². The van der Waals surface area contributed by atoms with E-state index in [1.807, 2.05) is 24.3 Å². The summed E-state index contributed by atoms with van der Waals surface area (Å²) in [4.78, 5) is 31.1. The van der Waals surface area contributed by atoms with Gasteiger partial charge in [0.1, 0.15) is 18.0 Å². The molecule has 3 heterocycles. The summed E-state index contributed by atoms with van der Waals surface area (Å²) >= 11 is 6.45. The van der Waals surface area contributed by atoms with E-state index in [4.69, 9.17) is 21.1 Å². The highest BCUT2D eigenvalue weighted by atomic mass is 35.5. The molecule has 0 saturated carbocycles. The number of hydrogen-bond donors (Lipinski definition) is 1. The van der Waals surface area contributed by atoms with Gasteiger partial charge in [0.25, 0.3) is 5.91 Å². The molecule has 1 saturated heterocycles. The molecule has 1 fully saturated rings. The summed E-state index contributed by atoms with van der Waals surface area (Å²) in [6.07, 6.45) is 3.49. The van der Waals surface area contributed by atoms with Gasteiger partial charge in [-0.15, -0.1) is 0 Å². The Bertz CT molecular complexity index is 1030. The van der Waals surface area contributed by atoms with Gasteiger partial charge in [-0.1, -0.05) is 23.7 Å². The number of carbonyl (C=O) groups excluding carboxylic acids is 2. The first kappa shape index (κ1) is 22.6. The number of nitrogens with one attached hydrogen (secondary N) is 1. The molecule has 32 heavy (non-hydrogen) atoms. The van der Waals surface area contributed by atoms with Crippen LogP contribution in [0, 0.1) is 0 Å². The topological polar surface area (TPSA) is 80.8 Å². The molecule has 2 aliphatic heterocycles. The normalized spacial score (nSPS) is 16.8. The molecule has 1 aromatic carbocycles. The van der Waals surface area contributed by atoms with Crippen molar-refractivity contribution in [3.63, 3.8) is 0 Å². The van der Waals surface area contributed by atoms with E-state index in [1.54, 1.807) is 27.0 Å². The van der Waals surface area contributed by atoms with E-state index in [9.17, 15) is 9.59 Å². The van der Waals surface area contributed by atoms with Crippen molar-refractivity contribution in [2.45, 2.75) is 51.8 Å². The van der Waals surface area contributed by atoms with Crippen molar-refractivity contribution >= 4 is 29.3 Å². The average Bonchev–Trinajstić information content (AvgIpc) is 3.03. The second-order valence-corrected chi connectivity index (χ2v) is 9.61. The van der Waals surface area contributed by atoms with Crippen molar-refractivity contribution in [1.29, 1.82) is 0 Å². The third-order valence-electron chi connectivity index (χ3n) is 5.47. The second kappa shape index (κ2) is 9.08. The smallest absolute Gasteiger partial charge is 0.326 e. The van der Waals surface area contributed by atoms with Crippen molar-refractivity contribution in [2.75, 3.05) is 25.1 Å². The molecule has 0 radical (unpaired) electrons. The number of ether oxygens (including phenoxy) is 2. The number of fused-ring (bicyclic) bond motifs is 1. The number of anilines is 1. The lowest BCUT2D eigenvalue weighted by atomic mass is 10.0. The highest BCUT2D eigenvalue weighted by Crippen LogP contribution is 2.33. The van der Waals surface area contributed by atoms with Crippen LogP contribution in [-0.4, -0.2) is 53.2 Å². The number of amides is 1. The van der Waals surface area contributed by atoms with Crippen molar-refractivity contribution in [2.24, 2.45) is 0 Å². The van der Waals surface area contributed by atoms with Gasteiger partial charge >= 0.3 is 5.97 Å². The van der Waals surface area contributed by atoms with E-state index >= 15 is 0 Å². The van der Waals surface area contributed by atoms with Gasteiger partial charge in [0.05, 0.1) is 5.02 Å². The van der Waals surface area contributed by atoms with E-state index in [2.05, 4.69) is 10.3 Å². The minimum atomic E-state index is -0.589. The predicted molar refractivity (Wildman–Crippen MR) is 123 cm³/mol. The molecule has 1 aromatic heterocycles. The van der Waals surface area contributed by atoms with Gasteiger partial charge in [0, 0.05) is 43.1 Å². The fourth-order valence-corrected chi connectivity index (χ4v) is 4.19. The number of nitrogens with zero attached hydrogens (tertiary/aromatic N) is 2. The van der Waals surface area contributed by atoms with Crippen LogP contribution in [0.3, 0.4) is 0 Å². The number of pyridine rings is 1. The Morgan fingerprint density at radius 2 is 2.00 bits per heavy atom. The molecule has 8 heteroatoms. The van der Waals surface area contributed by atoms with Crippen LogP contribution in [0.2, 0.25) is 5.02 Å². The fourth-order valence-electron chi connectivity index (χ4n) is 3.98. The summed E-state index contributed by atoms with van der Waals surface area (Å²) in [5.74, 6) is 0.146. The quantitative estimate of drug-likeness (QED) is 0.674. The second-order valence-electron chi connectivity index (χ2n) is 9.20. The summed E-state index contributed by atoms with van der Waals surface area (Å²) in [6, 6.07) is 7.93. The maximum absolute atomic E-state index is 12.9. The summed E-state index contributed by atoms with van der Waals surface area (Å²) < 4.78 is 10.8. The highest BCUT2D eigenvalue weighted by molar-refractivity contribution is 6.33. The lowest BCUT2D eigenvalue weighted by Crippen LogP contribution is -2.35. The number of esters is 1. The van der Waals surface area contributed by atoms with Gasteiger partial charge in [-0.2, -0.15) is 0 Å². The molecule has 2 aromatic rings. The molecule has 0 atom stereocenters. The van der Waals surface area contributed by atoms with Crippen LogP contribution >= 0.6 is 11.6 Å². The van der Waals surface area contributed by atoms with Gasteiger partial charge in [-0.25, -0.2) is 4.98 Å². The Balaban J connectivity index is 1.52. The number of carbonyl (C=O) groups is 2. The van der Waals surface area contributed by atoms with E-state index in [-0.39, 0.29) is 12.5 Å². The van der Waals surface area contributed by atoms with Gasteiger partial charge < -0.3 is 19.7 Å². The SMILES string of the molecule is CC(C)(C)OC(=O)CN1Cc2ccc(-c3cc(NC4CCOCC4)ncc3Cl)cc2C1=O. The monoisotopic (exact) mass is 457 g/mol. The lowest BCUT2D eigenvalue weighted by molar-refractivity contribution is -0.155. The zero-order valence-electron chi connectivity index (χ0n) is 18.6. The third-order valence-corrected chi connectivity index (χ3v) is 5.77. The van der Waals surface area contributed by atoms with E-state index in [0.29, 0.717) is 23.2 Å². The molecule has 1 amide bonds. The molecule has 0 aliphatic carbocycles. The van der Waals surface area contributed by atoms with Gasteiger partial charge in [0.2, 0.25) is 0 Å². The largest absolute Gasteiger partial charge is 0.459 e. The van der Waals surface area contributed by atoms with E-state index in [1.165, 1.54) is 4.90 Å². The maximum atomic E-state index is 12.9. The molecule has 1 N–H and O–H groups in total. The first-order chi connectivity index (χ1) is 15.2. The van der Waals surface area contributed by atoms with E-state index < -0.39 is 11.6 Å². The Hall–Kier alpha value is -2.64. The molecule has 7 nitrogen and oxygen atoms in total. The summed E-state index contributed by atoms with van der Waals surface area (Å²) in [7, 11) is 0. The minimum Gasteiger partial charge on any atom is -0.459 e. The number of halogens is 1. The van der Waals surface area contributed by atoms with Crippen molar-refractivity contribution in [1.82, 2.24) is 9.88 Å². The predicted octanol–water partition coefficient (Wildman–Crippen LogP) is 4.29. The Labute approximate surface area is 193 Å². The lowest BCUT2D eigenvalue weighted by Gasteiger charge is -2.24. The van der Waals surface area contributed by atoms with Crippen molar-refractivity contribution < 1.29 is 19.1 Å². The first-order valence-corrected chi connectivity index (χ1v) is 11.2. The summed E-state index contributed by atoms with van der Waals surface area (Å²) in [6.45, 7) is 7.21. The molecule has 4 rings (SSSR count). The molecule has 2 aliphatic rings. The standard InChI is InChI=1S/C24H28ClN3O4/c1-24(2,3)32-22(29)14-28-13-16-5-4-15(10-19(16)23(28)30)18-11-21(26-12-20(18)25)27-17-6-8-31-9-7-17/h4-5,10-12,17H,6-9,13-14H2,1-3H3,(H,26,27). The maximum Gasteiger partial charge on any atom is 0.326 e. The zero-order valence-corrected chi connectivity index (χ0v) is 19.4. The third kappa shape index (κ3) is 5.22. The Morgan fingerprint density at radius 1 is 1.25 bits per heavy atom. The van der Waals surface area contributed by atoms with Crippen LogP contribution < -0.4 is 5.32 Å². The van der Waals surface area contributed by atoms with Crippen LogP contribution in [0.4, 0.5) is 5.82 Å². The number of benzene rings is 1. The number of hydrogen-bond acceptors (Lipinski definition) is 6. The number of aromatic nitrogens is 1. The minimum absolute atomic E-state index is 0.0741. The van der Waals surface area contributed by atoms with E-state index in [0.717, 1.165) is 48.6 Å². The number of rotatable bonds is 5. The first-order valence-electron chi connectivity index (χ1n) is 10.8. The molecule has 0 spiro atoms. The average molecular weight is 458 g/mol. The molecule has 0 bridgehead atoms. The van der Waals surface area contributed by atoms with Crippen LogP contribution in [0.15, 0.2) is 30.5 Å².